The molecule has 1 N–H and O–H groups in total. The number of nitrogens with one attached hydrogen (secondary N) is 1. The Bertz CT molecular complexity index is 857. The fourth-order valence-corrected chi connectivity index (χ4v) is 4.31. The zero-order valence-corrected chi connectivity index (χ0v) is 15.2. The van der Waals surface area contributed by atoms with Crippen LogP contribution in [0.3, 0.4) is 0 Å². The second-order valence-electron chi connectivity index (χ2n) is 7.45. The van der Waals surface area contributed by atoms with Crippen LogP contribution in [0.15, 0.2) is 48.5 Å². The molecular formula is C22H23FN2O2. The molecule has 0 atom stereocenters. The van der Waals surface area contributed by atoms with Crippen LogP contribution >= 0.6 is 0 Å². The zero-order valence-electron chi connectivity index (χ0n) is 15.2. The van der Waals surface area contributed by atoms with Gasteiger partial charge < -0.3 is 10.2 Å². The zero-order chi connectivity index (χ0) is 18.9. The molecule has 1 aliphatic carbocycles. The van der Waals surface area contributed by atoms with E-state index >= 15 is 0 Å². The predicted molar refractivity (Wildman–Crippen MR) is 103 cm³/mol. The lowest BCUT2D eigenvalue weighted by atomic mass is 9.78. The topological polar surface area (TPSA) is 49.4 Å². The van der Waals surface area contributed by atoms with Crippen LogP contribution < -0.4 is 10.2 Å². The van der Waals surface area contributed by atoms with Crippen molar-refractivity contribution in [1.29, 1.82) is 0 Å². The van der Waals surface area contributed by atoms with Crippen LogP contribution in [0, 0.1) is 5.82 Å². The summed E-state index contributed by atoms with van der Waals surface area (Å²) >= 11 is 0. The SMILES string of the molecule is O=C1CCCN1c1ccc(NC(=O)C2(c3cccc(F)c3)CCCC2)cc1. The molecule has 140 valence electrons. The Labute approximate surface area is 158 Å². The molecule has 1 aliphatic heterocycles. The molecule has 5 heteroatoms. The molecule has 27 heavy (non-hydrogen) atoms. The van der Waals surface area contributed by atoms with E-state index in [-0.39, 0.29) is 17.6 Å². The highest BCUT2D eigenvalue weighted by Crippen LogP contribution is 2.42. The molecule has 2 fully saturated rings. The van der Waals surface area contributed by atoms with Crippen molar-refractivity contribution in [3.63, 3.8) is 0 Å². The summed E-state index contributed by atoms with van der Waals surface area (Å²) in [4.78, 5) is 26.8. The number of halogens is 1. The number of benzene rings is 2. The fourth-order valence-electron chi connectivity index (χ4n) is 4.31. The van der Waals surface area contributed by atoms with Crippen LogP contribution in [0.5, 0.6) is 0 Å². The molecule has 0 aromatic heterocycles. The van der Waals surface area contributed by atoms with Crippen molar-refractivity contribution in [2.45, 2.75) is 43.9 Å². The van der Waals surface area contributed by atoms with Gasteiger partial charge in [-0.05, 0) is 61.2 Å². The average Bonchev–Trinajstić information content (AvgIpc) is 3.32. The molecule has 0 spiro atoms. The molecule has 2 aromatic rings. The molecule has 2 amide bonds. The van der Waals surface area contributed by atoms with E-state index in [0.717, 1.165) is 49.9 Å². The molecule has 2 aromatic carbocycles. The minimum Gasteiger partial charge on any atom is -0.325 e. The monoisotopic (exact) mass is 366 g/mol. The lowest BCUT2D eigenvalue weighted by Gasteiger charge is -2.28. The Morgan fingerprint density at radius 3 is 2.41 bits per heavy atom. The first-order valence-electron chi connectivity index (χ1n) is 9.56. The van der Waals surface area contributed by atoms with Gasteiger partial charge in [-0.15, -0.1) is 0 Å². The van der Waals surface area contributed by atoms with Crippen molar-refractivity contribution in [3.8, 4) is 0 Å². The van der Waals surface area contributed by atoms with E-state index in [1.165, 1.54) is 12.1 Å². The third kappa shape index (κ3) is 3.34. The number of carbonyl (C=O) groups is 2. The van der Waals surface area contributed by atoms with E-state index in [0.29, 0.717) is 12.1 Å². The van der Waals surface area contributed by atoms with Crippen LogP contribution in [0.25, 0.3) is 0 Å². The van der Waals surface area contributed by atoms with Crippen LogP contribution in [0.4, 0.5) is 15.8 Å². The van der Waals surface area contributed by atoms with Gasteiger partial charge in [-0.25, -0.2) is 4.39 Å². The lowest BCUT2D eigenvalue weighted by molar-refractivity contribution is -0.121. The summed E-state index contributed by atoms with van der Waals surface area (Å²) in [5.41, 5.74) is 1.62. The maximum atomic E-state index is 13.7. The quantitative estimate of drug-likeness (QED) is 0.872. The van der Waals surface area contributed by atoms with Gasteiger partial charge >= 0.3 is 0 Å². The van der Waals surface area contributed by atoms with Gasteiger partial charge in [-0.1, -0.05) is 25.0 Å². The number of hydrogen-bond acceptors (Lipinski definition) is 2. The summed E-state index contributed by atoms with van der Waals surface area (Å²) in [7, 11) is 0. The van der Waals surface area contributed by atoms with Crippen molar-refractivity contribution < 1.29 is 14.0 Å². The number of anilines is 2. The van der Waals surface area contributed by atoms with Gasteiger partial charge in [0.1, 0.15) is 5.82 Å². The minimum absolute atomic E-state index is 0.0874. The number of carbonyl (C=O) groups excluding carboxylic acids is 2. The van der Waals surface area contributed by atoms with Crippen molar-refractivity contribution in [1.82, 2.24) is 0 Å². The molecular weight excluding hydrogens is 343 g/mol. The Hall–Kier alpha value is -2.69. The summed E-state index contributed by atoms with van der Waals surface area (Å²) in [6.45, 7) is 0.743. The molecule has 4 nitrogen and oxygen atoms in total. The highest BCUT2D eigenvalue weighted by atomic mass is 19.1. The number of amides is 2. The molecule has 0 bridgehead atoms. The maximum Gasteiger partial charge on any atom is 0.235 e. The van der Waals surface area contributed by atoms with E-state index in [2.05, 4.69) is 5.32 Å². The normalized spacial score (nSPS) is 18.7. The Balaban J connectivity index is 1.54. The van der Waals surface area contributed by atoms with Crippen molar-refractivity contribution >= 4 is 23.2 Å². The Kier molecular flexibility index (Phi) is 4.68. The summed E-state index contributed by atoms with van der Waals surface area (Å²) < 4.78 is 13.7. The molecule has 2 aliphatic rings. The number of rotatable bonds is 4. The van der Waals surface area contributed by atoms with Crippen LogP contribution in [0.1, 0.15) is 44.1 Å². The molecule has 0 unspecified atom stereocenters. The van der Waals surface area contributed by atoms with Crippen molar-refractivity contribution in [3.05, 3.63) is 59.9 Å². The van der Waals surface area contributed by atoms with E-state index in [1.54, 1.807) is 11.0 Å². The van der Waals surface area contributed by atoms with Gasteiger partial charge in [0, 0.05) is 24.3 Å². The summed E-state index contributed by atoms with van der Waals surface area (Å²) in [5.74, 6) is -0.260. The van der Waals surface area contributed by atoms with Gasteiger partial charge in [-0.3, -0.25) is 9.59 Å². The molecule has 1 heterocycles. The van der Waals surface area contributed by atoms with E-state index in [1.807, 2.05) is 30.3 Å². The van der Waals surface area contributed by atoms with E-state index in [4.69, 9.17) is 0 Å². The highest BCUT2D eigenvalue weighted by Gasteiger charge is 2.42. The van der Waals surface area contributed by atoms with Gasteiger partial charge in [-0.2, -0.15) is 0 Å². The third-order valence-corrected chi connectivity index (χ3v) is 5.78. The molecule has 4 rings (SSSR count). The van der Waals surface area contributed by atoms with Gasteiger partial charge in [0.15, 0.2) is 0 Å². The molecule has 1 saturated carbocycles. The van der Waals surface area contributed by atoms with Gasteiger partial charge in [0.05, 0.1) is 5.41 Å². The molecule has 0 radical (unpaired) electrons. The molecule has 1 saturated heterocycles. The number of hydrogen-bond donors (Lipinski definition) is 1. The fraction of sp³-hybridized carbons (Fsp3) is 0.364. The Morgan fingerprint density at radius 2 is 1.78 bits per heavy atom. The standard InChI is InChI=1S/C22H23FN2O2/c23-17-6-3-5-16(15-17)22(12-1-2-13-22)21(27)24-18-8-10-19(11-9-18)25-14-4-7-20(25)26/h3,5-6,8-11,15H,1-2,4,7,12-14H2,(H,24,27). The minimum atomic E-state index is -0.675. The van der Waals surface area contributed by atoms with Crippen molar-refractivity contribution in [2.75, 3.05) is 16.8 Å². The van der Waals surface area contributed by atoms with Crippen LogP contribution in [-0.2, 0) is 15.0 Å². The van der Waals surface area contributed by atoms with E-state index < -0.39 is 5.41 Å². The summed E-state index contributed by atoms with van der Waals surface area (Å²) in [6, 6.07) is 13.8. The highest BCUT2D eigenvalue weighted by molar-refractivity contribution is 6.00. The van der Waals surface area contributed by atoms with Crippen molar-refractivity contribution in [2.24, 2.45) is 0 Å². The number of nitrogens with zero attached hydrogens (tertiary/aromatic N) is 1. The first-order chi connectivity index (χ1) is 13.1. The second-order valence-corrected chi connectivity index (χ2v) is 7.45. The maximum absolute atomic E-state index is 13.7. The summed E-state index contributed by atoms with van der Waals surface area (Å²) in [5, 5.41) is 3.01. The predicted octanol–water partition coefficient (Wildman–Crippen LogP) is 4.40. The smallest absolute Gasteiger partial charge is 0.235 e. The van der Waals surface area contributed by atoms with Gasteiger partial charge in [0.25, 0.3) is 0 Å². The van der Waals surface area contributed by atoms with Gasteiger partial charge in [0.2, 0.25) is 11.8 Å². The van der Waals surface area contributed by atoms with E-state index in [9.17, 15) is 14.0 Å². The largest absolute Gasteiger partial charge is 0.325 e. The summed E-state index contributed by atoms with van der Waals surface area (Å²) in [6.07, 6.45) is 4.84. The van der Waals surface area contributed by atoms with Crippen LogP contribution in [0.2, 0.25) is 0 Å². The average molecular weight is 366 g/mol. The third-order valence-electron chi connectivity index (χ3n) is 5.78. The lowest BCUT2D eigenvalue weighted by Crippen LogP contribution is -2.38. The first-order valence-corrected chi connectivity index (χ1v) is 9.56. The van der Waals surface area contributed by atoms with Crippen LogP contribution in [-0.4, -0.2) is 18.4 Å². The first kappa shape index (κ1) is 17.7. The second kappa shape index (κ2) is 7.14. The Morgan fingerprint density at radius 1 is 1.04 bits per heavy atom.